The Morgan fingerprint density at radius 3 is 2.52 bits per heavy atom. The van der Waals surface area contributed by atoms with E-state index >= 15 is 0 Å². The van der Waals surface area contributed by atoms with Crippen molar-refractivity contribution < 1.29 is 18.4 Å². The number of imidazole rings is 1. The molecule has 0 saturated carbocycles. The zero-order valence-corrected chi connectivity index (χ0v) is 18.5. The van der Waals surface area contributed by atoms with Crippen molar-refractivity contribution in [1.82, 2.24) is 14.5 Å². The molecule has 2 N–H and O–H groups in total. The molecule has 0 unspecified atom stereocenters. The fourth-order valence-electron chi connectivity index (χ4n) is 4.13. The summed E-state index contributed by atoms with van der Waals surface area (Å²) in [6.07, 6.45) is 1.29. The third-order valence-corrected chi connectivity index (χ3v) is 5.55. The molecule has 1 aromatic carbocycles. The Hall–Kier alpha value is -2.61. The molecular formula is C23H30F2N4O2. The number of benzene rings is 1. The van der Waals surface area contributed by atoms with Crippen LogP contribution in [0.1, 0.15) is 56.2 Å². The number of rotatable bonds is 6. The quantitative estimate of drug-likeness (QED) is 0.705. The van der Waals surface area contributed by atoms with E-state index in [9.17, 15) is 18.4 Å². The van der Waals surface area contributed by atoms with Crippen LogP contribution in [0.3, 0.4) is 0 Å². The van der Waals surface area contributed by atoms with E-state index in [0.717, 1.165) is 30.8 Å². The second kappa shape index (κ2) is 8.86. The number of fused-ring (bicyclic) bond motifs is 1. The van der Waals surface area contributed by atoms with Gasteiger partial charge in [-0.1, -0.05) is 20.8 Å². The number of carbonyl (C=O) groups excluding carboxylic acids is 2. The highest BCUT2D eigenvalue weighted by Gasteiger charge is 2.30. The van der Waals surface area contributed by atoms with Crippen LogP contribution < -0.4 is 5.73 Å². The summed E-state index contributed by atoms with van der Waals surface area (Å²) in [7, 11) is 1.96. The number of halogens is 2. The van der Waals surface area contributed by atoms with Crippen molar-refractivity contribution in [3.05, 3.63) is 41.2 Å². The molecule has 8 heteroatoms. The van der Waals surface area contributed by atoms with E-state index in [2.05, 4.69) is 9.88 Å². The van der Waals surface area contributed by atoms with Crippen LogP contribution in [-0.2, 0) is 17.9 Å². The van der Waals surface area contributed by atoms with Gasteiger partial charge < -0.3 is 15.2 Å². The minimum Gasteiger partial charge on any atom is -0.369 e. The SMILES string of the molecule is CN1CCCn2c(-c3ccc(F)c(F)c3)nc(C(=O)C[C@@H](CC(C)(C)C)C(N)=O)c2C1. The van der Waals surface area contributed by atoms with Crippen LogP contribution in [0, 0.1) is 23.0 Å². The van der Waals surface area contributed by atoms with Gasteiger partial charge in [0.1, 0.15) is 11.5 Å². The van der Waals surface area contributed by atoms with Gasteiger partial charge in [0.05, 0.1) is 5.69 Å². The maximum absolute atomic E-state index is 13.9. The van der Waals surface area contributed by atoms with Crippen LogP contribution in [0.25, 0.3) is 11.4 Å². The van der Waals surface area contributed by atoms with Gasteiger partial charge in [-0.05, 0) is 50.0 Å². The lowest BCUT2D eigenvalue weighted by Gasteiger charge is -2.23. The van der Waals surface area contributed by atoms with E-state index in [4.69, 9.17) is 5.73 Å². The van der Waals surface area contributed by atoms with Gasteiger partial charge >= 0.3 is 0 Å². The molecule has 1 aliphatic rings. The van der Waals surface area contributed by atoms with E-state index in [-0.39, 0.29) is 23.3 Å². The number of Topliss-reactive ketones (excluding diaryl/α,β-unsaturated/α-hetero) is 1. The zero-order valence-electron chi connectivity index (χ0n) is 18.5. The number of aromatic nitrogens is 2. The van der Waals surface area contributed by atoms with Crippen molar-refractivity contribution in [2.45, 2.75) is 53.1 Å². The molecule has 1 amide bonds. The summed E-state index contributed by atoms with van der Waals surface area (Å²) in [6, 6.07) is 3.62. The Kier molecular flexibility index (Phi) is 6.59. The number of primary amides is 1. The molecule has 3 rings (SSSR count). The number of nitrogens with two attached hydrogens (primary N) is 1. The number of hydrogen-bond donors (Lipinski definition) is 1. The summed E-state index contributed by atoms with van der Waals surface area (Å²) in [5.41, 5.74) is 6.82. The van der Waals surface area contributed by atoms with E-state index in [1.165, 1.54) is 6.07 Å². The maximum Gasteiger partial charge on any atom is 0.221 e. The minimum absolute atomic E-state index is 0.0302. The molecule has 168 valence electrons. The summed E-state index contributed by atoms with van der Waals surface area (Å²) in [4.78, 5) is 31.9. The number of ketones is 1. The summed E-state index contributed by atoms with van der Waals surface area (Å²) in [6.45, 7) is 7.92. The summed E-state index contributed by atoms with van der Waals surface area (Å²) >= 11 is 0. The predicted molar refractivity (Wildman–Crippen MR) is 114 cm³/mol. The van der Waals surface area contributed by atoms with Gasteiger partial charge in [0.2, 0.25) is 5.91 Å². The first-order valence-electron chi connectivity index (χ1n) is 10.5. The highest BCUT2D eigenvalue weighted by Crippen LogP contribution is 2.31. The van der Waals surface area contributed by atoms with Crippen molar-refractivity contribution in [3.63, 3.8) is 0 Å². The minimum atomic E-state index is -0.965. The number of nitrogens with zero attached hydrogens (tertiary/aromatic N) is 3. The normalized spacial score (nSPS) is 15.9. The van der Waals surface area contributed by atoms with Crippen LogP contribution in [0.5, 0.6) is 0 Å². The van der Waals surface area contributed by atoms with Crippen molar-refractivity contribution in [2.75, 3.05) is 13.6 Å². The smallest absolute Gasteiger partial charge is 0.221 e. The summed E-state index contributed by atoms with van der Waals surface area (Å²) in [5.74, 6) is -2.84. The van der Waals surface area contributed by atoms with Gasteiger partial charge in [-0.2, -0.15) is 0 Å². The van der Waals surface area contributed by atoms with Crippen LogP contribution in [0.2, 0.25) is 0 Å². The van der Waals surface area contributed by atoms with Crippen molar-refractivity contribution >= 4 is 11.7 Å². The Morgan fingerprint density at radius 1 is 1.19 bits per heavy atom. The first-order chi connectivity index (χ1) is 14.5. The Labute approximate surface area is 181 Å². The highest BCUT2D eigenvalue weighted by atomic mass is 19.2. The second-order valence-electron chi connectivity index (χ2n) is 9.59. The molecule has 1 aromatic heterocycles. The Balaban J connectivity index is 2.03. The van der Waals surface area contributed by atoms with Gasteiger partial charge in [-0.25, -0.2) is 13.8 Å². The molecule has 2 heterocycles. The second-order valence-corrected chi connectivity index (χ2v) is 9.59. The molecule has 31 heavy (non-hydrogen) atoms. The molecular weight excluding hydrogens is 402 g/mol. The molecule has 1 aliphatic heterocycles. The monoisotopic (exact) mass is 432 g/mol. The third-order valence-electron chi connectivity index (χ3n) is 5.55. The van der Waals surface area contributed by atoms with Crippen molar-refractivity contribution in [1.29, 1.82) is 0 Å². The molecule has 0 saturated heterocycles. The summed E-state index contributed by atoms with van der Waals surface area (Å²) < 4.78 is 29.2. The Bertz CT molecular complexity index is 994. The maximum atomic E-state index is 13.9. The molecule has 0 bridgehead atoms. The average molecular weight is 433 g/mol. The molecule has 0 spiro atoms. The number of hydrogen-bond acceptors (Lipinski definition) is 4. The summed E-state index contributed by atoms with van der Waals surface area (Å²) in [5, 5.41) is 0. The van der Waals surface area contributed by atoms with Gasteiger partial charge in [0.25, 0.3) is 0 Å². The Morgan fingerprint density at radius 2 is 1.90 bits per heavy atom. The molecule has 0 aliphatic carbocycles. The molecule has 2 aromatic rings. The fourth-order valence-corrected chi connectivity index (χ4v) is 4.13. The average Bonchev–Trinajstić information content (AvgIpc) is 2.89. The van der Waals surface area contributed by atoms with E-state index in [0.29, 0.717) is 30.9 Å². The molecule has 0 fully saturated rings. The van der Waals surface area contributed by atoms with Crippen molar-refractivity contribution in [2.24, 2.45) is 17.1 Å². The van der Waals surface area contributed by atoms with Gasteiger partial charge in [-0.3, -0.25) is 9.59 Å². The predicted octanol–water partition coefficient (Wildman–Crippen LogP) is 3.77. The van der Waals surface area contributed by atoms with E-state index in [1.807, 2.05) is 32.4 Å². The first-order valence-corrected chi connectivity index (χ1v) is 10.5. The molecule has 1 atom stereocenters. The van der Waals surface area contributed by atoms with E-state index < -0.39 is 23.5 Å². The lowest BCUT2D eigenvalue weighted by Crippen LogP contribution is -2.30. The topological polar surface area (TPSA) is 81.2 Å². The molecule has 6 nitrogen and oxygen atoms in total. The van der Waals surface area contributed by atoms with Gasteiger partial charge in [0, 0.05) is 31.0 Å². The van der Waals surface area contributed by atoms with Crippen LogP contribution in [-0.4, -0.2) is 39.7 Å². The number of carbonyl (C=O) groups is 2. The third kappa shape index (κ3) is 5.36. The largest absolute Gasteiger partial charge is 0.369 e. The lowest BCUT2D eigenvalue weighted by atomic mass is 9.82. The van der Waals surface area contributed by atoms with Gasteiger partial charge in [-0.15, -0.1) is 0 Å². The first kappa shape index (κ1) is 23.1. The number of amides is 1. The van der Waals surface area contributed by atoms with Gasteiger partial charge in [0.15, 0.2) is 17.4 Å². The standard InChI is InChI=1S/C23H30F2N4O2/c1-23(2,3)12-15(21(26)31)11-19(30)20-18-13-28(4)8-5-9-29(18)22(27-20)14-6-7-16(24)17(25)10-14/h6-7,10,15H,5,8-9,11-13H2,1-4H3,(H2,26,31)/t15-/m0/s1. The highest BCUT2D eigenvalue weighted by molar-refractivity contribution is 5.98. The molecule has 0 radical (unpaired) electrons. The lowest BCUT2D eigenvalue weighted by molar-refractivity contribution is -0.122. The van der Waals surface area contributed by atoms with E-state index in [1.54, 1.807) is 0 Å². The van der Waals surface area contributed by atoms with Crippen LogP contribution >= 0.6 is 0 Å². The van der Waals surface area contributed by atoms with Crippen molar-refractivity contribution in [3.8, 4) is 11.4 Å². The fraction of sp³-hybridized carbons (Fsp3) is 0.522. The zero-order chi connectivity index (χ0) is 22.9. The van der Waals surface area contributed by atoms with Crippen LogP contribution in [0.15, 0.2) is 18.2 Å². The van der Waals surface area contributed by atoms with Crippen LogP contribution in [0.4, 0.5) is 8.78 Å².